The Kier molecular flexibility index (Phi) is 11.2. The summed E-state index contributed by atoms with van der Waals surface area (Å²) in [7, 11) is 0. The van der Waals surface area contributed by atoms with E-state index in [0.29, 0.717) is 12.8 Å². The highest BCUT2D eigenvalue weighted by molar-refractivity contribution is 5.49. The fraction of sp³-hybridized carbons (Fsp3) is 0.333. The summed E-state index contributed by atoms with van der Waals surface area (Å²) in [5.74, 6) is 0.107. The van der Waals surface area contributed by atoms with Gasteiger partial charge in [0.05, 0.1) is 0 Å². The monoisotopic (exact) mass is 474 g/mol. The Bertz CT molecular complexity index is 1050. The zero-order chi connectivity index (χ0) is 24.7. The summed E-state index contributed by atoms with van der Waals surface area (Å²) in [5, 5.41) is 37.0. The van der Waals surface area contributed by atoms with Crippen molar-refractivity contribution in [1.82, 2.24) is 10.6 Å². The first-order valence-electron chi connectivity index (χ1n) is 12.5. The summed E-state index contributed by atoms with van der Waals surface area (Å²) in [6.45, 7) is 3.70. The zero-order valence-corrected chi connectivity index (χ0v) is 20.4. The summed E-state index contributed by atoms with van der Waals surface area (Å²) in [4.78, 5) is 0. The largest absolute Gasteiger partial charge is 0.508 e. The Morgan fingerprint density at radius 2 is 1.29 bits per heavy atom. The average molecular weight is 475 g/mol. The van der Waals surface area contributed by atoms with E-state index in [0.717, 1.165) is 68.6 Å². The highest BCUT2D eigenvalue weighted by atomic mass is 16.3. The Morgan fingerprint density at radius 1 is 0.600 bits per heavy atom. The van der Waals surface area contributed by atoms with Crippen molar-refractivity contribution >= 4 is 0 Å². The molecule has 0 radical (unpaired) electrons. The van der Waals surface area contributed by atoms with E-state index in [1.54, 1.807) is 18.2 Å². The second-order valence-electron chi connectivity index (χ2n) is 8.78. The summed E-state index contributed by atoms with van der Waals surface area (Å²) in [6.07, 6.45) is 9.58. The van der Waals surface area contributed by atoms with E-state index < -0.39 is 0 Å². The maximum Gasteiger partial charge on any atom is 0.160 e. The minimum Gasteiger partial charge on any atom is -0.508 e. The fourth-order valence-electron chi connectivity index (χ4n) is 4.12. The van der Waals surface area contributed by atoms with Crippen LogP contribution in [0.2, 0.25) is 0 Å². The molecule has 0 atom stereocenters. The van der Waals surface area contributed by atoms with Crippen molar-refractivity contribution in [2.24, 2.45) is 0 Å². The summed E-state index contributed by atoms with van der Waals surface area (Å²) >= 11 is 0. The van der Waals surface area contributed by atoms with Crippen LogP contribution in [0.3, 0.4) is 0 Å². The van der Waals surface area contributed by atoms with Crippen molar-refractivity contribution in [2.45, 2.75) is 38.5 Å². The molecule has 0 unspecified atom stereocenters. The van der Waals surface area contributed by atoms with Crippen LogP contribution in [0.25, 0.3) is 0 Å². The van der Waals surface area contributed by atoms with E-state index in [-0.39, 0.29) is 17.2 Å². The molecule has 0 aliphatic rings. The summed E-state index contributed by atoms with van der Waals surface area (Å²) < 4.78 is 0. The third-order valence-electron chi connectivity index (χ3n) is 6.08. The molecular formula is C30H38N2O3. The quantitative estimate of drug-likeness (QED) is 0.123. The number of phenols is 3. The van der Waals surface area contributed by atoms with Crippen molar-refractivity contribution in [2.75, 3.05) is 26.2 Å². The number of aryl methyl sites for hydroxylation is 1. The summed E-state index contributed by atoms with van der Waals surface area (Å²) in [5.41, 5.74) is 4.17. The van der Waals surface area contributed by atoms with E-state index >= 15 is 0 Å². The molecule has 5 nitrogen and oxygen atoms in total. The topological polar surface area (TPSA) is 84.8 Å². The lowest BCUT2D eigenvalue weighted by atomic mass is 9.96. The minimum absolute atomic E-state index is 0.0389. The zero-order valence-electron chi connectivity index (χ0n) is 20.4. The molecule has 186 valence electrons. The lowest BCUT2D eigenvalue weighted by Gasteiger charge is -2.13. The van der Waals surface area contributed by atoms with Crippen molar-refractivity contribution in [1.29, 1.82) is 0 Å². The van der Waals surface area contributed by atoms with Crippen molar-refractivity contribution in [3.63, 3.8) is 0 Å². The van der Waals surface area contributed by atoms with Gasteiger partial charge in [0, 0.05) is 5.56 Å². The number of hydrogen-bond acceptors (Lipinski definition) is 5. The molecule has 0 aliphatic carbocycles. The van der Waals surface area contributed by atoms with E-state index in [2.05, 4.69) is 47.1 Å². The van der Waals surface area contributed by atoms with Crippen LogP contribution in [-0.4, -0.2) is 41.5 Å². The molecule has 35 heavy (non-hydrogen) atoms. The molecule has 0 fully saturated rings. The van der Waals surface area contributed by atoms with Gasteiger partial charge in [0.15, 0.2) is 11.5 Å². The number of phenolic OH excluding ortho intramolecular Hbond substituents is 3. The third kappa shape index (κ3) is 9.47. The van der Waals surface area contributed by atoms with Crippen molar-refractivity contribution < 1.29 is 15.3 Å². The van der Waals surface area contributed by atoms with Crippen LogP contribution in [-0.2, 0) is 25.7 Å². The SMILES string of the molecule is Oc1cccc(CCc2c(CCNCCC=CCCNCCc3ccccc3)ccc(O)c2O)c1. The lowest BCUT2D eigenvalue weighted by molar-refractivity contribution is 0.398. The molecule has 0 aromatic heterocycles. The Balaban J connectivity index is 1.31. The number of benzene rings is 3. The van der Waals surface area contributed by atoms with Crippen LogP contribution in [0.5, 0.6) is 17.2 Å². The van der Waals surface area contributed by atoms with Gasteiger partial charge in [0.2, 0.25) is 0 Å². The van der Waals surface area contributed by atoms with E-state index in [1.165, 1.54) is 5.56 Å². The van der Waals surface area contributed by atoms with Crippen LogP contribution in [0.1, 0.15) is 35.1 Å². The lowest BCUT2D eigenvalue weighted by Crippen LogP contribution is -2.19. The van der Waals surface area contributed by atoms with Gasteiger partial charge in [-0.2, -0.15) is 0 Å². The first-order chi connectivity index (χ1) is 17.1. The van der Waals surface area contributed by atoms with Crippen LogP contribution in [0.15, 0.2) is 78.9 Å². The standard InChI is InChI=1S/C30H38N2O3/c33-27-12-8-11-25(23-27)13-15-28-26(14-16-29(34)30(28)35)18-22-32-20-7-2-1-6-19-31-21-17-24-9-4-3-5-10-24/h1-5,8-12,14,16,23,31-35H,6-7,13,15,17-22H2. The first kappa shape index (κ1) is 26.3. The van der Waals surface area contributed by atoms with E-state index in [4.69, 9.17) is 0 Å². The third-order valence-corrected chi connectivity index (χ3v) is 6.08. The molecular weight excluding hydrogens is 436 g/mol. The van der Waals surface area contributed by atoms with E-state index in [9.17, 15) is 15.3 Å². The number of rotatable bonds is 15. The van der Waals surface area contributed by atoms with Gasteiger partial charge in [-0.05, 0) is 99.6 Å². The van der Waals surface area contributed by atoms with Gasteiger partial charge >= 0.3 is 0 Å². The molecule has 0 aliphatic heterocycles. The molecule has 0 saturated heterocycles. The fourth-order valence-corrected chi connectivity index (χ4v) is 4.12. The van der Waals surface area contributed by atoms with Gasteiger partial charge in [-0.15, -0.1) is 0 Å². The summed E-state index contributed by atoms with van der Waals surface area (Å²) in [6, 6.07) is 21.1. The minimum atomic E-state index is -0.0905. The number of hydrogen-bond donors (Lipinski definition) is 5. The Labute approximate surface area is 209 Å². The number of aromatic hydroxyl groups is 3. The smallest absolute Gasteiger partial charge is 0.160 e. The Hall–Kier alpha value is -3.28. The van der Waals surface area contributed by atoms with Crippen LogP contribution < -0.4 is 10.6 Å². The predicted octanol–water partition coefficient (Wildman–Crippen LogP) is 4.89. The molecule has 5 N–H and O–H groups in total. The first-order valence-corrected chi connectivity index (χ1v) is 12.5. The van der Waals surface area contributed by atoms with Gasteiger partial charge in [-0.3, -0.25) is 0 Å². The molecule has 0 bridgehead atoms. The maximum atomic E-state index is 10.4. The van der Waals surface area contributed by atoms with Crippen LogP contribution in [0.4, 0.5) is 0 Å². The Morgan fingerprint density at radius 3 is 2.00 bits per heavy atom. The normalized spacial score (nSPS) is 11.3. The molecule has 0 saturated carbocycles. The maximum absolute atomic E-state index is 10.4. The molecule has 3 aromatic carbocycles. The molecule has 0 heterocycles. The van der Waals surface area contributed by atoms with Crippen molar-refractivity contribution in [3.05, 3.63) is 101 Å². The van der Waals surface area contributed by atoms with Gasteiger partial charge in [-0.1, -0.05) is 60.7 Å². The molecule has 3 aromatic rings. The van der Waals surface area contributed by atoms with Crippen LogP contribution >= 0.6 is 0 Å². The van der Waals surface area contributed by atoms with Gasteiger partial charge in [0.25, 0.3) is 0 Å². The second kappa shape index (κ2) is 14.9. The second-order valence-corrected chi connectivity index (χ2v) is 8.78. The molecule has 0 spiro atoms. The predicted molar refractivity (Wildman–Crippen MR) is 143 cm³/mol. The van der Waals surface area contributed by atoms with Gasteiger partial charge < -0.3 is 26.0 Å². The van der Waals surface area contributed by atoms with Gasteiger partial charge in [0.1, 0.15) is 5.75 Å². The van der Waals surface area contributed by atoms with E-state index in [1.807, 2.05) is 24.3 Å². The van der Waals surface area contributed by atoms with Gasteiger partial charge in [-0.25, -0.2) is 0 Å². The molecule has 0 amide bonds. The highest BCUT2D eigenvalue weighted by Crippen LogP contribution is 2.32. The molecule has 5 heteroatoms. The highest BCUT2D eigenvalue weighted by Gasteiger charge is 2.12. The van der Waals surface area contributed by atoms with Crippen molar-refractivity contribution in [3.8, 4) is 17.2 Å². The average Bonchev–Trinajstić information content (AvgIpc) is 2.87. The van der Waals surface area contributed by atoms with Crippen LogP contribution in [0, 0.1) is 0 Å². The number of nitrogens with one attached hydrogen (secondary N) is 2. The molecule has 3 rings (SSSR count).